The van der Waals surface area contributed by atoms with Crippen LogP contribution in [0.4, 0.5) is 11.4 Å². The van der Waals surface area contributed by atoms with E-state index in [9.17, 15) is 0 Å². The molecule has 0 amide bonds. The van der Waals surface area contributed by atoms with E-state index in [-0.39, 0.29) is 6.17 Å². The molecule has 0 saturated heterocycles. The highest BCUT2D eigenvalue weighted by molar-refractivity contribution is 5.84. The van der Waals surface area contributed by atoms with Gasteiger partial charge in [0.25, 0.3) is 0 Å². The average molecular weight is 278 g/mol. The van der Waals surface area contributed by atoms with Crippen molar-refractivity contribution in [3.8, 4) is 11.5 Å². The molecule has 2 aliphatic heterocycles. The number of hydrogen-bond acceptors (Lipinski definition) is 3. The van der Waals surface area contributed by atoms with Gasteiger partial charge in [-0.2, -0.15) is 0 Å². The van der Waals surface area contributed by atoms with Gasteiger partial charge in [0.05, 0.1) is 11.4 Å². The molecule has 106 valence electrons. The first-order valence-electron chi connectivity index (χ1n) is 7.51. The van der Waals surface area contributed by atoms with Crippen LogP contribution in [0, 0.1) is 0 Å². The molecule has 21 heavy (non-hydrogen) atoms. The van der Waals surface area contributed by atoms with Crippen LogP contribution in [0.1, 0.15) is 26.2 Å². The summed E-state index contributed by atoms with van der Waals surface area (Å²) in [6, 6.07) is 16.4. The van der Waals surface area contributed by atoms with Crippen LogP contribution in [0.25, 0.3) is 0 Å². The molecular weight excluding hydrogens is 260 g/mol. The number of benzene rings is 2. The number of nitrogens with zero attached hydrogens (tertiary/aromatic N) is 2. The van der Waals surface area contributed by atoms with Gasteiger partial charge in [-0.3, -0.25) is 4.99 Å². The molecule has 3 nitrogen and oxygen atoms in total. The van der Waals surface area contributed by atoms with Crippen LogP contribution < -0.4 is 9.64 Å². The fourth-order valence-corrected chi connectivity index (χ4v) is 3.17. The Balaban J connectivity index is 1.87. The molecule has 0 fully saturated rings. The van der Waals surface area contributed by atoms with E-state index in [1.807, 2.05) is 24.3 Å². The smallest absolute Gasteiger partial charge is 0.151 e. The van der Waals surface area contributed by atoms with Gasteiger partial charge in [0, 0.05) is 5.71 Å². The highest BCUT2D eigenvalue weighted by Crippen LogP contribution is 2.48. The topological polar surface area (TPSA) is 24.8 Å². The van der Waals surface area contributed by atoms with Crippen LogP contribution in [0.5, 0.6) is 11.5 Å². The number of para-hydroxylation sites is 4. The van der Waals surface area contributed by atoms with Crippen LogP contribution in [-0.4, -0.2) is 11.9 Å². The largest absolute Gasteiger partial charge is 0.453 e. The minimum atomic E-state index is 0.171. The van der Waals surface area contributed by atoms with Gasteiger partial charge >= 0.3 is 0 Å². The van der Waals surface area contributed by atoms with Gasteiger partial charge in [-0.25, -0.2) is 0 Å². The van der Waals surface area contributed by atoms with Gasteiger partial charge in [0.15, 0.2) is 11.5 Å². The molecule has 2 aromatic rings. The number of rotatable bonds is 1. The van der Waals surface area contributed by atoms with Crippen molar-refractivity contribution in [2.45, 2.75) is 32.4 Å². The molecular formula is C18H18N2O. The second kappa shape index (κ2) is 4.92. The third-order valence-electron chi connectivity index (χ3n) is 4.14. The van der Waals surface area contributed by atoms with Gasteiger partial charge in [0.1, 0.15) is 6.17 Å². The first-order valence-corrected chi connectivity index (χ1v) is 7.51. The normalized spacial score (nSPS) is 20.1. The number of fused-ring (bicyclic) bond motifs is 2. The maximum absolute atomic E-state index is 6.04. The van der Waals surface area contributed by atoms with E-state index in [1.54, 1.807) is 0 Å². The molecule has 2 aliphatic rings. The fourth-order valence-electron chi connectivity index (χ4n) is 3.17. The van der Waals surface area contributed by atoms with Crippen LogP contribution in [0.15, 0.2) is 53.5 Å². The van der Waals surface area contributed by atoms with E-state index in [1.165, 1.54) is 12.1 Å². The van der Waals surface area contributed by atoms with E-state index < -0.39 is 0 Å². The zero-order valence-corrected chi connectivity index (χ0v) is 12.1. The second-order valence-corrected chi connectivity index (χ2v) is 5.64. The van der Waals surface area contributed by atoms with Crippen molar-refractivity contribution in [3.05, 3.63) is 48.5 Å². The second-order valence-electron chi connectivity index (χ2n) is 5.64. The lowest BCUT2D eigenvalue weighted by atomic mass is 10.0. The third-order valence-corrected chi connectivity index (χ3v) is 4.14. The Kier molecular flexibility index (Phi) is 2.92. The Morgan fingerprint density at radius 2 is 1.62 bits per heavy atom. The predicted octanol–water partition coefficient (Wildman–Crippen LogP) is 4.90. The summed E-state index contributed by atoms with van der Waals surface area (Å²) in [5.41, 5.74) is 3.46. The van der Waals surface area contributed by atoms with Gasteiger partial charge in [-0.05, 0) is 50.5 Å². The zero-order chi connectivity index (χ0) is 14.2. The summed E-state index contributed by atoms with van der Waals surface area (Å²) in [5, 5.41) is 0. The first-order chi connectivity index (χ1) is 10.3. The molecule has 3 heteroatoms. The minimum absolute atomic E-state index is 0.171. The standard InChI is InChI=1S/C18H18N2O/c1-13-7-6-12-18(19-13)20-14-8-2-4-10-16(14)21-17-11-5-3-9-15(17)20/h2-5,8-11,18H,6-7,12H2,1H3. The van der Waals surface area contributed by atoms with Crippen molar-refractivity contribution in [1.29, 1.82) is 0 Å². The van der Waals surface area contributed by atoms with Crippen molar-refractivity contribution in [1.82, 2.24) is 0 Å². The molecule has 2 aromatic carbocycles. The van der Waals surface area contributed by atoms with Crippen LogP contribution in [-0.2, 0) is 0 Å². The van der Waals surface area contributed by atoms with Gasteiger partial charge in [0.2, 0.25) is 0 Å². The molecule has 0 bridgehead atoms. The van der Waals surface area contributed by atoms with E-state index in [0.29, 0.717) is 0 Å². The highest BCUT2D eigenvalue weighted by Gasteiger charge is 2.30. The van der Waals surface area contributed by atoms with E-state index in [4.69, 9.17) is 9.73 Å². The Hall–Kier alpha value is -2.29. The molecule has 1 atom stereocenters. The van der Waals surface area contributed by atoms with E-state index in [2.05, 4.69) is 36.1 Å². The maximum atomic E-state index is 6.04. The summed E-state index contributed by atoms with van der Waals surface area (Å²) in [6.07, 6.45) is 3.57. The predicted molar refractivity (Wildman–Crippen MR) is 85.8 cm³/mol. The van der Waals surface area contributed by atoms with E-state index >= 15 is 0 Å². The van der Waals surface area contributed by atoms with Gasteiger partial charge in [-0.15, -0.1) is 0 Å². The van der Waals surface area contributed by atoms with Crippen molar-refractivity contribution < 1.29 is 4.74 Å². The summed E-state index contributed by atoms with van der Waals surface area (Å²) in [4.78, 5) is 7.22. The first kappa shape index (κ1) is 12.5. The molecule has 2 heterocycles. The number of anilines is 2. The number of ether oxygens (including phenoxy) is 1. The van der Waals surface area contributed by atoms with Crippen molar-refractivity contribution in [2.75, 3.05) is 4.90 Å². The molecule has 0 aromatic heterocycles. The van der Waals surface area contributed by atoms with Crippen LogP contribution >= 0.6 is 0 Å². The monoisotopic (exact) mass is 278 g/mol. The van der Waals surface area contributed by atoms with Gasteiger partial charge < -0.3 is 9.64 Å². The highest BCUT2D eigenvalue weighted by atomic mass is 16.5. The van der Waals surface area contributed by atoms with Crippen molar-refractivity contribution in [2.24, 2.45) is 4.99 Å². The average Bonchev–Trinajstić information content (AvgIpc) is 2.52. The molecule has 4 rings (SSSR count). The molecule has 1 unspecified atom stereocenters. The Morgan fingerprint density at radius 1 is 1.00 bits per heavy atom. The Bertz CT molecular complexity index is 662. The summed E-state index contributed by atoms with van der Waals surface area (Å²) < 4.78 is 6.04. The van der Waals surface area contributed by atoms with Crippen molar-refractivity contribution in [3.63, 3.8) is 0 Å². The molecule has 0 N–H and O–H groups in total. The van der Waals surface area contributed by atoms with Crippen LogP contribution in [0.2, 0.25) is 0 Å². The lowest BCUT2D eigenvalue weighted by Gasteiger charge is -2.38. The molecule has 0 radical (unpaired) electrons. The Morgan fingerprint density at radius 3 is 2.24 bits per heavy atom. The maximum Gasteiger partial charge on any atom is 0.151 e. The summed E-state index contributed by atoms with van der Waals surface area (Å²) >= 11 is 0. The quantitative estimate of drug-likeness (QED) is 0.741. The fraction of sp³-hybridized carbons (Fsp3) is 0.278. The lowest BCUT2D eigenvalue weighted by molar-refractivity contribution is 0.460. The molecule has 0 aliphatic carbocycles. The van der Waals surface area contributed by atoms with Gasteiger partial charge in [-0.1, -0.05) is 24.3 Å². The minimum Gasteiger partial charge on any atom is -0.453 e. The SMILES string of the molecule is CC1=NC(N2c3ccccc3Oc3ccccc32)CCC1. The number of aliphatic imine (C=N–C) groups is 1. The molecule has 0 saturated carbocycles. The third kappa shape index (κ3) is 2.09. The summed E-state index contributed by atoms with van der Waals surface area (Å²) in [6.45, 7) is 2.13. The zero-order valence-electron chi connectivity index (χ0n) is 12.1. The summed E-state index contributed by atoms with van der Waals surface area (Å²) in [5.74, 6) is 1.82. The van der Waals surface area contributed by atoms with E-state index in [0.717, 1.165) is 35.7 Å². The number of hydrogen-bond donors (Lipinski definition) is 0. The summed E-state index contributed by atoms with van der Waals surface area (Å²) in [7, 11) is 0. The van der Waals surface area contributed by atoms with Crippen LogP contribution in [0.3, 0.4) is 0 Å². The Labute approximate surface area is 124 Å². The van der Waals surface area contributed by atoms with Crippen molar-refractivity contribution >= 4 is 17.1 Å². The molecule has 0 spiro atoms. The lowest BCUT2D eigenvalue weighted by Crippen LogP contribution is -2.34.